The Hall–Kier alpha value is -1.07. The van der Waals surface area contributed by atoms with Crippen molar-refractivity contribution in [3.05, 3.63) is 11.0 Å². The van der Waals surface area contributed by atoms with E-state index in [0.29, 0.717) is 23.7 Å². The first-order valence-electron chi connectivity index (χ1n) is 4.79. The van der Waals surface area contributed by atoms with Gasteiger partial charge in [0, 0.05) is 13.2 Å². The van der Waals surface area contributed by atoms with Gasteiger partial charge in [0.15, 0.2) is 5.82 Å². The SMILES string of the molecule is Cc1nc(Cl)nc(NCCCCO)c1N. The van der Waals surface area contributed by atoms with E-state index < -0.39 is 0 Å². The molecule has 0 aliphatic carbocycles. The lowest BCUT2D eigenvalue weighted by atomic mass is 10.3. The number of aliphatic hydroxyl groups is 1. The minimum Gasteiger partial charge on any atom is -0.396 e. The summed E-state index contributed by atoms with van der Waals surface area (Å²) in [6.07, 6.45) is 1.61. The van der Waals surface area contributed by atoms with Crippen molar-refractivity contribution < 1.29 is 5.11 Å². The molecule has 6 heteroatoms. The number of rotatable bonds is 5. The maximum Gasteiger partial charge on any atom is 0.224 e. The molecule has 1 aromatic heterocycles. The van der Waals surface area contributed by atoms with Gasteiger partial charge in [-0.1, -0.05) is 0 Å². The highest BCUT2D eigenvalue weighted by Gasteiger charge is 2.06. The average molecular weight is 231 g/mol. The molecule has 0 amide bonds. The van der Waals surface area contributed by atoms with Crippen molar-refractivity contribution in [3.8, 4) is 0 Å². The standard InChI is InChI=1S/C9H15ClN4O/c1-6-7(11)8(14-9(10)13-6)12-4-2-3-5-15/h15H,2-5,11H2,1H3,(H,12,13,14). The Morgan fingerprint density at radius 2 is 2.13 bits per heavy atom. The molecule has 0 unspecified atom stereocenters. The molecule has 0 aliphatic rings. The molecule has 0 atom stereocenters. The largest absolute Gasteiger partial charge is 0.396 e. The summed E-state index contributed by atoms with van der Waals surface area (Å²) in [6, 6.07) is 0. The molecule has 0 bridgehead atoms. The first-order chi connectivity index (χ1) is 7.15. The van der Waals surface area contributed by atoms with E-state index in [9.17, 15) is 0 Å². The Morgan fingerprint density at radius 3 is 2.80 bits per heavy atom. The maximum absolute atomic E-state index is 8.61. The highest BCUT2D eigenvalue weighted by molar-refractivity contribution is 6.28. The maximum atomic E-state index is 8.61. The van der Waals surface area contributed by atoms with Crippen LogP contribution in [0.5, 0.6) is 0 Å². The number of aryl methyl sites for hydroxylation is 1. The van der Waals surface area contributed by atoms with Gasteiger partial charge in [-0.25, -0.2) is 4.98 Å². The number of aliphatic hydroxyl groups excluding tert-OH is 1. The number of aromatic nitrogens is 2. The van der Waals surface area contributed by atoms with E-state index in [1.807, 2.05) is 0 Å². The quantitative estimate of drug-likeness (QED) is 0.523. The number of nitrogens with zero attached hydrogens (tertiary/aromatic N) is 2. The van der Waals surface area contributed by atoms with Crippen LogP contribution in [0.3, 0.4) is 0 Å². The molecular formula is C9H15ClN4O. The van der Waals surface area contributed by atoms with Crippen LogP contribution >= 0.6 is 11.6 Å². The minimum absolute atomic E-state index is 0.186. The summed E-state index contributed by atoms with van der Waals surface area (Å²) in [5.74, 6) is 0.561. The zero-order valence-electron chi connectivity index (χ0n) is 8.63. The number of halogens is 1. The number of nitrogens with one attached hydrogen (secondary N) is 1. The number of nitrogens with two attached hydrogens (primary N) is 1. The Morgan fingerprint density at radius 1 is 1.40 bits per heavy atom. The molecule has 4 N–H and O–H groups in total. The number of anilines is 2. The van der Waals surface area contributed by atoms with Crippen molar-refractivity contribution in [1.29, 1.82) is 0 Å². The molecule has 0 spiro atoms. The molecule has 0 aromatic carbocycles. The van der Waals surface area contributed by atoms with Crippen LogP contribution in [0.15, 0.2) is 0 Å². The van der Waals surface area contributed by atoms with Crippen LogP contribution in [0.4, 0.5) is 11.5 Å². The third kappa shape index (κ3) is 3.53. The second-order valence-electron chi connectivity index (χ2n) is 3.20. The third-order valence-electron chi connectivity index (χ3n) is 1.99. The van der Waals surface area contributed by atoms with E-state index in [-0.39, 0.29) is 11.9 Å². The Labute approximate surface area is 93.7 Å². The van der Waals surface area contributed by atoms with Crippen molar-refractivity contribution in [2.75, 3.05) is 24.2 Å². The highest BCUT2D eigenvalue weighted by atomic mass is 35.5. The second-order valence-corrected chi connectivity index (χ2v) is 3.54. The highest BCUT2D eigenvalue weighted by Crippen LogP contribution is 2.20. The predicted octanol–water partition coefficient (Wildman–Crippen LogP) is 1.21. The lowest BCUT2D eigenvalue weighted by Crippen LogP contribution is -2.09. The topological polar surface area (TPSA) is 84.1 Å². The Kier molecular flexibility index (Phi) is 4.58. The van der Waals surface area contributed by atoms with Crippen molar-refractivity contribution in [1.82, 2.24) is 9.97 Å². The summed E-state index contributed by atoms with van der Waals surface area (Å²) in [4.78, 5) is 7.91. The molecule has 0 radical (unpaired) electrons. The summed E-state index contributed by atoms with van der Waals surface area (Å²) >= 11 is 5.70. The summed E-state index contributed by atoms with van der Waals surface area (Å²) < 4.78 is 0. The van der Waals surface area contributed by atoms with Gasteiger partial charge in [-0.05, 0) is 31.4 Å². The van der Waals surface area contributed by atoms with Crippen LogP contribution < -0.4 is 11.1 Å². The van der Waals surface area contributed by atoms with Crippen molar-refractivity contribution in [2.24, 2.45) is 0 Å². The fourth-order valence-electron chi connectivity index (χ4n) is 1.13. The molecule has 1 heterocycles. The molecule has 5 nitrogen and oxygen atoms in total. The summed E-state index contributed by atoms with van der Waals surface area (Å²) in [7, 11) is 0. The number of unbranched alkanes of at least 4 members (excludes halogenated alkanes) is 1. The van der Waals surface area contributed by atoms with Crippen molar-refractivity contribution >= 4 is 23.1 Å². The fraction of sp³-hybridized carbons (Fsp3) is 0.556. The van der Waals surface area contributed by atoms with Crippen LogP contribution in [-0.4, -0.2) is 28.2 Å². The summed E-state index contributed by atoms with van der Waals surface area (Å²) in [5, 5.41) is 11.9. The molecule has 1 aromatic rings. The molecule has 15 heavy (non-hydrogen) atoms. The van der Waals surface area contributed by atoms with Crippen molar-refractivity contribution in [2.45, 2.75) is 19.8 Å². The molecule has 0 aliphatic heterocycles. The number of nitrogen functional groups attached to an aromatic ring is 1. The minimum atomic E-state index is 0.186. The van der Waals surface area contributed by atoms with Gasteiger partial charge in [0.05, 0.1) is 11.4 Å². The monoisotopic (exact) mass is 230 g/mol. The van der Waals surface area contributed by atoms with Crippen LogP contribution in [-0.2, 0) is 0 Å². The fourth-order valence-corrected chi connectivity index (χ4v) is 1.34. The lowest BCUT2D eigenvalue weighted by molar-refractivity contribution is 0.286. The summed E-state index contributed by atoms with van der Waals surface area (Å²) in [5.41, 5.74) is 6.95. The van der Waals surface area contributed by atoms with E-state index in [4.69, 9.17) is 22.4 Å². The van der Waals surface area contributed by atoms with E-state index in [0.717, 1.165) is 12.8 Å². The van der Waals surface area contributed by atoms with Gasteiger partial charge >= 0.3 is 0 Å². The molecule has 0 saturated carbocycles. The zero-order valence-corrected chi connectivity index (χ0v) is 9.38. The molecule has 84 valence electrons. The Bertz CT molecular complexity index is 332. The van der Waals surface area contributed by atoms with Crippen LogP contribution in [0.2, 0.25) is 5.28 Å². The first kappa shape index (κ1) is 12.0. The van der Waals surface area contributed by atoms with Crippen LogP contribution in [0, 0.1) is 6.92 Å². The van der Waals surface area contributed by atoms with Crippen molar-refractivity contribution in [3.63, 3.8) is 0 Å². The normalized spacial score (nSPS) is 10.3. The molecule has 0 fully saturated rings. The molecular weight excluding hydrogens is 216 g/mol. The van der Waals surface area contributed by atoms with Gasteiger partial charge < -0.3 is 16.2 Å². The van der Waals surface area contributed by atoms with Gasteiger partial charge in [0.25, 0.3) is 0 Å². The van der Waals surface area contributed by atoms with Gasteiger partial charge in [-0.15, -0.1) is 0 Å². The first-order valence-corrected chi connectivity index (χ1v) is 5.17. The Balaban J connectivity index is 2.60. The van der Waals surface area contributed by atoms with E-state index in [1.54, 1.807) is 6.92 Å². The van der Waals surface area contributed by atoms with Gasteiger partial charge in [-0.3, -0.25) is 0 Å². The van der Waals surface area contributed by atoms with Gasteiger partial charge in [0.2, 0.25) is 5.28 Å². The van der Waals surface area contributed by atoms with Gasteiger partial charge in [0.1, 0.15) is 0 Å². The number of hydrogen-bond donors (Lipinski definition) is 3. The molecule has 0 saturated heterocycles. The van der Waals surface area contributed by atoms with E-state index >= 15 is 0 Å². The lowest BCUT2D eigenvalue weighted by Gasteiger charge is -2.09. The summed E-state index contributed by atoms with van der Waals surface area (Å²) in [6.45, 7) is 2.68. The zero-order chi connectivity index (χ0) is 11.3. The van der Waals surface area contributed by atoms with E-state index in [1.165, 1.54) is 0 Å². The predicted molar refractivity (Wildman–Crippen MR) is 61.0 cm³/mol. The third-order valence-corrected chi connectivity index (χ3v) is 2.16. The van der Waals surface area contributed by atoms with Crippen LogP contribution in [0.1, 0.15) is 18.5 Å². The van der Waals surface area contributed by atoms with E-state index in [2.05, 4.69) is 15.3 Å². The average Bonchev–Trinajstić information content (AvgIpc) is 2.19. The smallest absolute Gasteiger partial charge is 0.224 e. The second kappa shape index (κ2) is 5.72. The van der Waals surface area contributed by atoms with Gasteiger partial charge in [-0.2, -0.15) is 4.98 Å². The van der Waals surface area contributed by atoms with Crippen LogP contribution in [0.25, 0.3) is 0 Å². The number of hydrogen-bond acceptors (Lipinski definition) is 5. The molecule has 1 rings (SSSR count).